The first kappa shape index (κ1) is 15.0. The highest BCUT2D eigenvalue weighted by Gasteiger charge is 2.25. The molecular formula is C17H21N5O2. The molecule has 7 heteroatoms. The monoisotopic (exact) mass is 327 g/mol. The van der Waals surface area contributed by atoms with E-state index in [1.165, 1.54) is 19.1 Å². The lowest BCUT2D eigenvalue weighted by molar-refractivity contribution is 0.0714. The molecule has 2 aliphatic heterocycles. The Morgan fingerprint density at radius 2 is 1.62 bits per heavy atom. The highest BCUT2D eigenvalue weighted by Crippen LogP contribution is 2.22. The van der Waals surface area contributed by atoms with Crippen molar-refractivity contribution in [1.29, 1.82) is 0 Å². The van der Waals surface area contributed by atoms with Gasteiger partial charge in [0.05, 0.1) is 6.26 Å². The second kappa shape index (κ2) is 6.51. The Kier molecular flexibility index (Phi) is 4.06. The molecule has 2 aromatic heterocycles. The first-order chi connectivity index (χ1) is 11.8. The zero-order chi connectivity index (χ0) is 16.4. The van der Waals surface area contributed by atoms with Gasteiger partial charge in [0.1, 0.15) is 18.0 Å². The average molecular weight is 327 g/mol. The SMILES string of the molecule is O=C(c1ccco1)N1CCN(c2cc(N3CCCC3)ncn2)CC1. The van der Waals surface area contributed by atoms with Crippen LogP contribution < -0.4 is 9.80 Å². The second-order valence-corrected chi connectivity index (χ2v) is 6.19. The van der Waals surface area contributed by atoms with Gasteiger partial charge in [-0.15, -0.1) is 0 Å². The molecule has 2 fully saturated rings. The number of aromatic nitrogens is 2. The lowest BCUT2D eigenvalue weighted by Crippen LogP contribution is -2.49. The maximum Gasteiger partial charge on any atom is 0.289 e. The van der Waals surface area contributed by atoms with Gasteiger partial charge in [0.15, 0.2) is 5.76 Å². The quantitative estimate of drug-likeness (QED) is 0.854. The van der Waals surface area contributed by atoms with Gasteiger partial charge in [0.25, 0.3) is 5.91 Å². The lowest BCUT2D eigenvalue weighted by atomic mass is 10.2. The molecule has 0 atom stereocenters. The third-order valence-electron chi connectivity index (χ3n) is 4.69. The summed E-state index contributed by atoms with van der Waals surface area (Å²) in [5, 5.41) is 0. The van der Waals surface area contributed by atoms with Crippen molar-refractivity contribution in [3.05, 3.63) is 36.5 Å². The van der Waals surface area contributed by atoms with Crippen LogP contribution in [0.2, 0.25) is 0 Å². The first-order valence-electron chi connectivity index (χ1n) is 8.46. The molecule has 2 aromatic rings. The van der Waals surface area contributed by atoms with Gasteiger partial charge in [-0.2, -0.15) is 0 Å². The average Bonchev–Trinajstić information content (AvgIpc) is 3.35. The second-order valence-electron chi connectivity index (χ2n) is 6.19. The van der Waals surface area contributed by atoms with Crippen LogP contribution in [0.25, 0.3) is 0 Å². The third kappa shape index (κ3) is 2.93. The molecule has 0 spiro atoms. The zero-order valence-electron chi connectivity index (χ0n) is 13.6. The summed E-state index contributed by atoms with van der Waals surface area (Å²) in [4.78, 5) is 27.5. The van der Waals surface area contributed by atoms with E-state index < -0.39 is 0 Å². The van der Waals surface area contributed by atoms with Crippen molar-refractivity contribution in [2.45, 2.75) is 12.8 Å². The van der Waals surface area contributed by atoms with E-state index in [-0.39, 0.29) is 5.91 Å². The summed E-state index contributed by atoms with van der Waals surface area (Å²) < 4.78 is 5.20. The Labute approximate surface area is 140 Å². The van der Waals surface area contributed by atoms with Crippen LogP contribution in [-0.4, -0.2) is 60.0 Å². The van der Waals surface area contributed by atoms with Crippen molar-refractivity contribution in [2.24, 2.45) is 0 Å². The summed E-state index contributed by atoms with van der Waals surface area (Å²) in [6.45, 7) is 5.01. The molecule has 0 bridgehead atoms. The largest absolute Gasteiger partial charge is 0.459 e. The van der Waals surface area contributed by atoms with E-state index in [0.717, 1.165) is 37.8 Å². The minimum Gasteiger partial charge on any atom is -0.459 e. The number of amides is 1. The van der Waals surface area contributed by atoms with Gasteiger partial charge in [0.2, 0.25) is 0 Å². The standard InChI is InChI=1S/C17H21N5O2/c23-17(14-4-3-11-24-14)22-9-7-21(8-10-22)16-12-15(18-13-19-16)20-5-1-2-6-20/h3-4,11-13H,1-2,5-10H2. The van der Waals surface area contributed by atoms with Gasteiger partial charge in [-0.3, -0.25) is 4.79 Å². The Morgan fingerprint density at radius 1 is 0.958 bits per heavy atom. The summed E-state index contributed by atoms with van der Waals surface area (Å²) >= 11 is 0. The van der Waals surface area contributed by atoms with E-state index in [9.17, 15) is 4.79 Å². The maximum atomic E-state index is 12.3. The normalized spacial score (nSPS) is 18.2. The number of furan rings is 1. The number of rotatable bonds is 3. The van der Waals surface area contributed by atoms with Crippen LogP contribution in [0, 0.1) is 0 Å². The Balaban J connectivity index is 1.40. The molecule has 4 heterocycles. The molecular weight excluding hydrogens is 306 g/mol. The molecule has 2 saturated heterocycles. The van der Waals surface area contributed by atoms with E-state index in [1.807, 2.05) is 4.90 Å². The van der Waals surface area contributed by atoms with Gasteiger partial charge in [-0.05, 0) is 25.0 Å². The Bertz CT molecular complexity index is 689. The minimum atomic E-state index is -0.0416. The molecule has 0 radical (unpaired) electrons. The van der Waals surface area contributed by atoms with E-state index in [1.54, 1.807) is 18.5 Å². The number of carbonyl (C=O) groups excluding carboxylic acids is 1. The van der Waals surface area contributed by atoms with Crippen LogP contribution in [0.3, 0.4) is 0 Å². The molecule has 0 aliphatic carbocycles. The maximum absolute atomic E-state index is 12.3. The van der Waals surface area contributed by atoms with E-state index in [4.69, 9.17) is 4.42 Å². The fourth-order valence-corrected chi connectivity index (χ4v) is 3.32. The van der Waals surface area contributed by atoms with Crippen molar-refractivity contribution < 1.29 is 9.21 Å². The summed E-state index contributed by atoms with van der Waals surface area (Å²) in [7, 11) is 0. The highest BCUT2D eigenvalue weighted by molar-refractivity contribution is 5.91. The predicted octanol–water partition coefficient (Wildman–Crippen LogP) is 1.63. The molecule has 2 aliphatic rings. The van der Waals surface area contributed by atoms with Gasteiger partial charge in [0, 0.05) is 45.3 Å². The van der Waals surface area contributed by atoms with Gasteiger partial charge in [-0.1, -0.05) is 0 Å². The van der Waals surface area contributed by atoms with Crippen molar-refractivity contribution in [3.63, 3.8) is 0 Å². The number of hydrogen-bond acceptors (Lipinski definition) is 6. The number of hydrogen-bond donors (Lipinski definition) is 0. The Hall–Kier alpha value is -2.57. The summed E-state index contributed by atoms with van der Waals surface area (Å²) in [5.74, 6) is 2.31. The molecule has 126 valence electrons. The Morgan fingerprint density at radius 3 is 2.25 bits per heavy atom. The number of anilines is 2. The van der Waals surface area contributed by atoms with Crippen molar-refractivity contribution >= 4 is 17.5 Å². The van der Waals surface area contributed by atoms with Crippen LogP contribution in [0.5, 0.6) is 0 Å². The third-order valence-corrected chi connectivity index (χ3v) is 4.69. The number of piperazine rings is 1. The topological polar surface area (TPSA) is 65.7 Å². The molecule has 7 nitrogen and oxygen atoms in total. The summed E-state index contributed by atoms with van der Waals surface area (Å²) in [6, 6.07) is 5.51. The highest BCUT2D eigenvalue weighted by atomic mass is 16.3. The molecule has 0 unspecified atom stereocenters. The van der Waals surface area contributed by atoms with E-state index in [2.05, 4.69) is 25.8 Å². The fraction of sp³-hybridized carbons (Fsp3) is 0.471. The smallest absolute Gasteiger partial charge is 0.289 e. The molecule has 4 rings (SSSR count). The predicted molar refractivity (Wildman–Crippen MR) is 90.3 cm³/mol. The summed E-state index contributed by atoms with van der Waals surface area (Å²) in [6.07, 6.45) is 5.63. The molecule has 0 N–H and O–H groups in total. The van der Waals surface area contributed by atoms with Crippen molar-refractivity contribution in [3.8, 4) is 0 Å². The van der Waals surface area contributed by atoms with Crippen LogP contribution in [0.15, 0.2) is 35.2 Å². The van der Waals surface area contributed by atoms with Crippen molar-refractivity contribution in [1.82, 2.24) is 14.9 Å². The molecule has 0 aromatic carbocycles. The zero-order valence-corrected chi connectivity index (χ0v) is 13.6. The molecule has 24 heavy (non-hydrogen) atoms. The van der Waals surface area contributed by atoms with Crippen LogP contribution >= 0.6 is 0 Å². The molecule has 1 amide bonds. The fourth-order valence-electron chi connectivity index (χ4n) is 3.32. The van der Waals surface area contributed by atoms with E-state index >= 15 is 0 Å². The van der Waals surface area contributed by atoms with Crippen molar-refractivity contribution in [2.75, 3.05) is 49.1 Å². The lowest BCUT2D eigenvalue weighted by Gasteiger charge is -2.35. The van der Waals surface area contributed by atoms with Crippen LogP contribution in [0.1, 0.15) is 23.4 Å². The van der Waals surface area contributed by atoms with Gasteiger partial charge in [-0.25, -0.2) is 9.97 Å². The minimum absolute atomic E-state index is 0.0416. The molecule has 0 saturated carbocycles. The van der Waals surface area contributed by atoms with Crippen LogP contribution in [0.4, 0.5) is 11.6 Å². The van der Waals surface area contributed by atoms with Crippen LogP contribution in [-0.2, 0) is 0 Å². The number of carbonyl (C=O) groups is 1. The van der Waals surface area contributed by atoms with Gasteiger partial charge >= 0.3 is 0 Å². The van der Waals surface area contributed by atoms with Gasteiger partial charge < -0.3 is 19.1 Å². The summed E-state index contributed by atoms with van der Waals surface area (Å²) in [5.41, 5.74) is 0. The number of nitrogens with zero attached hydrogens (tertiary/aromatic N) is 5. The van der Waals surface area contributed by atoms with E-state index in [0.29, 0.717) is 18.8 Å². The first-order valence-corrected chi connectivity index (χ1v) is 8.46.